The van der Waals surface area contributed by atoms with E-state index in [1.807, 2.05) is 0 Å². The van der Waals surface area contributed by atoms with E-state index < -0.39 is 5.97 Å². The molecule has 1 aromatic carbocycles. The first-order valence-electron chi connectivity index (χ1n) is 4.40. The number of anilines is 1. The number of carboxylic acids is 1. The van der Waals surface area contributed by atoms with E-state index in [-0.39, 0.29) is 11.3 Å². The number of aromatic carboxylic acids is 1. The van der Waals surface area contributed by atoms with Crippen LogP contribution in [0.1, 0.15) is 21.8 Å². The Morgan fingerprint density at radius 2 is 2.20 bits per heavy atom. The third-order valence-corrected chi connectivity index (χ3v) is 2.31. The molecule has 0 amide bonds. The third-order valence-electron chi connectivity index (χ3n) is 2.31. The second-order valence-electron chi connectivity index (χ2n) is 3.35. The lowest BCUT2D eigenvalue weighted by Gasteiger charge is -2.03. The van der Waals surface area contributed by atoms with Gasteiger partial charge >= 0.3 is 5.97 Å². The highest BCUT2D eigenvalue weighted by molar-refractivity contribution is 6.00. The van der Waals surface area contributed by atoms with E-state index in [1.54, 1.807) is 13.8 Å². The van der Waals surface area contributed by atoms with Gasteiger partial charge in [-0.1, -0.05) is 0 Å². The Kier molecular flexibility index (Phi) is 1.89. The Morgan fingerprint density at radius 1 is 1.53 bits per heavy atom. The highest BCUT2D eigenvalue weighted by Crippen LogP contribution is 2.27. The van der Waals surface area contributed by atoms with Crippen LogP contribution in [0.2, 0.25) is 0 Å². The Bertz CT molecular complexity index is 557. The summed E-state index contributed by atoms with van der Waals surface area (Å²) in [5.74, 6) is -0.562. The quantitative estimate of drug-likeness (QED) is 0.693. The zero-order valence-electron chi connectivity index (χ0n) is 8.37. The predicted molar refractivity (Wildman–Crippen MR) is 54.9 cm³/mol. The number of hydrogen-bond acceptors (Lipinski definition) is 4. The van der Waals surface area contributed by atoms with Crippen LogP contribution in [-0.2, 0) is 0 Å². The van der Waals surface area contributed by atoms with Crippen LogP contribution >= 0.6 is 0 Å². The minimum absolute atomic E-state index is 0.0632. The monoisotopic (exact) mass is 206 g/mol. The first-order chi connectivity index (χ1) is 7.00. The number of carboxylic acid groups (broad SMARTS) is 1. The van der Waals surface area contributed by atoms with Crippen molar-refractivity contribution >= 4 is 22.8 Å². The standard InChI is InChI=1S/C10H10N2O3/c1-4-8(11)6(10(13)14)3-7-9(4)15-5(2)12-7/h3H,11H2,1-2H3,(H,13,14). The number of rotatable bonds is 1. The minimum atomic E-state index is -1.06. The van der Waals surface area contributed by atoms with Gasteiger partial charge in [-0.2, -0.15) is 0 Å². The molecule has 78 valence electrons. The van der Waals surface area contributed by atoms with Crippen molar-refractivity contribution in [3.8, 4) is 0 Å². The molecular weight excluding hydrogens is 196 g/mol. The smallest absolute Gasteiger partial charge is 0.337 e. The SMILES string of the molecule is Cc1nc2cc(C(=O)O)c(N)c(C)c2o1. The van der Waals surface area contributed by atoms with E-state index in [9.17, 15) is 4.79 Å². The van der Waals surface area contributed by atoms with Gasteiger partial charge in [-0.3, -0.25) is 0 Å². The average molecular weight is 206 g/mol. The van der Waals surface area contributed by atoms with E-state index >= 15 is 0 Å². The van der Waals surface area contributed by atoms with Crippen LogP contribution < -0.4 is 5.73 Å². The van der Waals surface area contributed by atoms with E-state index in [2.05, 4.69) is 4.98 Å². The van der Waals surface area contributed by atoms with Crippen molar-refractivity contribution in [1.82, 2.24) is 4.98 Å². The number of aryl methyl sites for hydroxylation is 2. The number of benzene rings is 1. The van der Waals surface area contributed by atoms with Crippen LogP contribution in [0.3, 0.4) is 0 Å². The van der Waals surface area contributed by atoms with Gasteiger partial charge in [-0.25, -0.2) is 9.78 Å². The van der Waals surface area contributed by atoms with Gasteiger partial charge in [0.1, 0.15) is 5.52 Å². The maximum absolute atomic E-state index is 10.9. The van der Waals surface area contributed by atoms with Crippen molar-refractivity contribution in [2.75, 3.05) is 5.73 Å². The number of carbonyl (C=O) groups is 1. The maximum Gasteiger partial charge on any atom is 0.337 e. The zero-order valence-corrected chi connectivity index (χ0v) is 8.37. The van der Waals surface area contributed by atoms with E-state index in [0.29, 0.717) is 22.6 Å². The summed E-state index contributed by atoms with van der Waals surface area (Å²) in [6, 6.07) is 1.43. The van der Waals surface area contributed by atoms with Gasteiger partial charge in [0, 0.05) is 12.5 Å². The van der Waals surface area contributed by atoms with Crippen LogP contribution in [0.4, 0.5) is 5.69 Å². The summed E-state index contributed by atoms with van der Waals surface area (Å²) in [4.78, 5) is 15.0. The van der Waals surface area contributed by atoms with Gasteiger partial charge in [-0.05, 0) is 13.0 Å². The normalized spacial score (nSPS) is 10.8. The summed E-state index contributed by atoms with van der Waals surface area (Å²) in [5, 5.41) is 8.92. The summed E-state index contributed by atoms with van der Waals surface area (Å²) in [6.45, 7) is 3.42. The van der Waals surface area contributed by atoms with Crippen molar-refractivity contribution in [3.05, 3.63) is 23.1 Å². The van der Waals surface area contributed by atoms with Crippen molar-refractivity contribution < 1.29 is 14.3 Å². The van der Waals surface area contributed by atoms with E-state index in [0.717, 1.165) is 0 Å². The number of nitrogen functional groups attached to an aromatic ring is 1. The van der Waals surface area contributed by atoms with Gasteiger partial charge in [-0.15, -0.1) is 0 Å². The molecule has 15 heavy (non-hydrogen) atoms. The number of nitrogens with zero attached hydrogens (tertiary/aromatic N) is 1. The molecule has 0 aliphatic carbocycles. The van der Waals surface area contributed by atoms with Crippen LogP contribution in [0.5, 0.6) is 0 Å². The molecule has 0 bridgehead atoms. The largest absolute Gasteiger partial charge is 0.478 e. The van der Waals surface area contributed by atoms with Crippen molar-refractivity contribution in [2.45, 2.75) is 13.8 Å². The molecule has 0 spiro atoms. The molecule has 5 nitrogen and oxygen atoms in total. The summed E-state index contributed by atoms with van der Waals surface area (Å²) >= 11 is 0. The van der Waals surface area contributed by atoms with Gasteiger partial charge in [0.2, 0.25) is 0 Å². The van der Waals surface area contributed by atoms with Gasteiger partial charge in [0.25, 0.3) is 0 Å². The van der Waals surface area contributed by atoms with Gasteiger partial charge in [0.15, 0.2) is 11.5 Å². The average Bonchev–Trinajstić information content (AvgIpc) is 2.52. The molecular formula is C10H10N2O3. The summed E-state index contributed by atoms with van der Waals surface area (Å²) in [6.07, 6.45) is 0. The van der Waals surface area contributed by atoms with Crippen LogP contribution in [0.15, 0.2) is 10.5 Å². The Balaban J connectivity index is 2.87. The fourth-order valence-corrected chi connectivity index (χ4v) is 1.53. The minimum Gasteiger partial charge on any atom is -0.478 e. The number of aromatic nitrogens is 1. The molecule has 0 atom stereocenters. The maximum atomic E-state index is 10.9. The van der Waals surface area contributed by atoms with Gasteiger partial charge in [0.05, 0.1) is 11.3 Å². The number of fused-ring (bicyclic) bond motifs is 1. The predicted octanol–water partition coefficient (Wildman–Crippen LogP) is 1.73. The lowest BCUT2D eigenvalue weighted by Crippen LogP contribution is -2.04. The fraction of sp³-hybridized carbons (Fsp3) is 0.200. The van der Waals surface area contributed by atoms with Crippen LogP contribution in [-0.4, -0.2) is 16.1 Å². The number of hydrogen-bond donors (Lipinski definition) is 2. The molecule has 0 saturated heterocycles. The molecule has 2 aromatic rings. The third kappa shape index (κ3) is 1.32. The lowest BCUT2D eigenvalue weighted by molar-refractivity contribution is 0.0698. The second-order valence-corrected chi connectivity index (χ2v) is 3.35. The molecule has 5 heteroatoms. The molecule has 0 aliphatic heterocycles. The molecule has 0 radical (unpaired) electrons. The highest BCUT2D eigenvalue weighted by Gasteiger charge is 2.16. The summed E-state index contributed by atoms with van der Waals surface area (Å²) in [5.41, 5.74) is 7.67. The topological polar surface area (TPSA) is 89.3 Å². The molecule has 0 aliphatic rings. The molecule has 0 fully saturated rings. The van der Waals surface area contributed by atoms with Crippen molar-refractivity contribution in [1.29, 1.82) is 0 Å². The van der Waals surface area contributed by atoms with Gasteiger partial charge < -0.3 is 15.3 Å². The van der Waals surface area contributed by atoms with Crippen LogP contribution in [0, 0.1) is 13.8 Å². The second kappa shape index (κ2) is 2.98. The number of nitrogens with two attached hydrogens (primary N) is 1. The first-order valence-corrected chi connectivity index (χ1v) is 4.40. The van der Waals surface area contributed by atoms with Crippen LogP contribution in [0.25, 0.3) is 11.1 Å². The molecule has 0 unspecified atom stereocenters. The Morgan fingerprint density at radius 3 is 2.80 bits per heavy atom. The Labute approximate surface area is 85.5 Å². The lowest BCUT2D eigenvalue weighted by atomic mass is 10.1. The number of oxazole rings is 1. The summed E-state index contributed by atoms with van der Waals surface area (Å²) < 4.78 is 5.33. The molecule has 2 rings (SSSR count). The molecule has 3 N–H and O–H groups in total. The zero-order chi connectivity index (χ0) is 11.2. The fourth-order valence-electron chi connectivity index (χ4n) is 1.53. The Hall–Kier alpha value is -2.04. The molecule has 1 aromatic heterocycles. The molecule has 0 saturated carbocycles. The first kappa shape index (κ1) is 9.51. The van der Waals surface area contributed by atoms with Crippen molar-refractivity contribution in [2.24, 2.45) is 0 Å². The van der Waals surface area contributed by atoms with E-state index in [1.165, 1.54) is 6.07 Å². The van der Waals surface area contributed by atoms with E-state index in [4.69, 9.17) is 15.3 Å². The highest BCUT2D eigenvalue weighted by atomic mass is 16.4. The summed E-state index contributed by atoms with van der Waals surface area (Å²) in [7, 11) is 0. The van der Waals surface area contributed by atoms with Crippen molar-refractivity contribution in [3.63, 3.8) is 0 Å². The molecule has 1 heterocycles.